The van der Waals surface area contributed by atoms with Crippen LogP contribution in [0.1, 0.15) is 24.2 Å². The van der Waals surface area contributed by atoms with Crippen LogP contribution in [0.15, 0.2) is 83.9 Å². The summed E-state index contributed by atoms with van der Waals surface area (Å²) < 4.78 is 1.44. The minimum Gasteiger partial charge on any atom is -0.367 e. The van der Waals surface area contributed by atoms with Crippen molar-refractivity contribution in [3.63, 3.8) is 0 Å². The molecule has 7 rings (SSSR count). The van der Waals surface area contributed by atoms with Crippen LogP contribution in [-0.2, 0) is 6.54 Å². The summed E-state index contributed by atoms with van der Waals surface area (Å²) in [6, 6.07) is 24.4. The molecule has 0 amide bonds. The molecule has 2 N–H and O–H groups in total. The van der Waals surface area contributed by atoms with Gasteiger partial charge in [-0.25, -0.2) is 34.2 Å². The number of hydrogen-bond donors (Lipinski definition) is 2. The van der Waals surface area contributed by atoms with Gasteiger partial charge in [0.25, 0.3) is 0 Å². The largest absolute Gasteiger partial charge is 0.367 e. The molecule has 4 aromatic heterocycles. The minimum absolute atomic E-state index is 0.179. The van der Waals surface area contributed by atoms with Gasteiger partial charge in [0.15, 0.2) is 5.65 Å². The molecule has 5 heterocycles. The molecule has 2 aromatic carbocycles. The van der Waals surface area contributed by atoms with Crippen LogP contribution in [0.3, 0.4) is 0 Å². The number of nitriles is 1. The van der Waals surface area contributed by atoms with Gasteiger partial charge in [0.1, 0.15) is 17.4 Å². The Morgan fingerprint density at radius 3 is 2.48 bits per heavy atom. The van der Waals surface area contributed by atoms with Crippen LogP contribution >= 0.6 is 0 Å². The molecule has 1 aliphatic heterocycles. The van der Waals surface area contributed by atoms with E-state index in [1.54, 1.807) is 24.5 Å². The number of aromatic nitrogens is 7. The van der Waals surface area contributed by atoms with Crippen LogP contribution < -0.4 is 11.0 Å². The Morgan fingerprint density at radius 1 is 0.929 bits per heavy atom. The van der Waals surface area contributed by atoms with Crippen molar-refractivity contribution in [2.24, 2.45) is 0 Å². The monoisotopic (exact) mass is 554 g/mol. The van der Waals surface area contributed by atoms with E-state index in [-0.39, 0.29) is 11.5 Å². The number of nitrogens with zero attached hydrogens (tertiary/aromatic N) is 8. The van der Waals surface area contributed by atoms with E-state index in [2.05, 4.69) is 54.6 Å². The van der Waals surface area contributed by atoms with Crippen molar-refractivity contribution < 1.29 is 0 Å². The van der Waals surface area contributed by atoms with E-state index in [1.807, 2.05) is 36.4 Å². The predicted octanol–water partition coefficient (Wildman–Crippen LogP) is 4.04. The van der Waals surface area contributed by atoms with Crippen LogP contribution in [0.5, 0.6) is 0 Å². The molecule has 1 fully saturated rings. The number of fused-ring (bicyclic) bond motifs is 3. The van der Waals surface area contributed by atoms with Crippen LogP contribution in [0, 0.1) is 11.3 Å². The van der Waals surface area contributed by atoms with Crippen molar-refractivity contribution >= 4 is 22.5 Å². The molecule has 11 nitrogen and oxygen atoms in total. The molecule has 0 bridgehead atoms. The molecule has 0 aliphatic carbocycles. The van der Waals surface area contributed by atoms with Crippen molar-refractivity contribution in [3.8, 4) is 28.6 Å². The Morgan fingerprint density at radius 2 is 1.69 bits per heavy atom. The number of H-pyrrole nitrogens is 1. The van der Waals surface area contributed by atoms with Gasteiger partial charge in [-0.15, -0.1) is 0 Å². The van der Waals surface area contributed by atoms with Crippen LogP contribution in [-0.4, -0.2) is 58.6 Å². The number of benzene rings is 2. The normalized spacial score (nSPS) is 14.3. The van der Waals surface area contributed by atoms with E-state index in [0.29, 0.717) is 28.5 Å². The van der Waals surface area contributed by atoms with Crippen molar-refractivity contribution in [2.45, 2.75) is 25.4 Å². The molecule has 1 saturated heterocycles. The summed E-state index contributed by atoms with van der Waals surface area (Å²) in [5, 5.41) is 19.2. The molecular formula is C31H26N10O. The maximum absolute atomic E-state index is 12.1. The lowest BCUT2D eigenvalue weighted by molar-refractivity contribution is 0.211. The topological polar surface area (TPSA) is 141 Å². The summed E-state index contributed by atoms with van der Waals surface area (Å²) in [6.07, 6.45) is 5.27. The van der Waals surface area contributed by atoms with Gasteiger partial charge in [0.2, 0.25) is 5.82 Å². The summed E-state index contributed by atoms with van der Waals surface area (Å²) >= 11 is 0. The van der Waals surface area contributed by atoms with Gasteiger partial charge in [-0.05, 0) is 30.5 Å². The van der Waals surface area contributed by atoms with Gasteiger partial charge in [-0.1, -0.05) is 54.6 Å². The number of anilines is 1. The second-order valence-electron chi connectivity index (χ2n) is 10.3. The second kappa shape index (κ2) is 10.8. The first-order chi connectivity index (χ1) is 20.6. The highest BCUT2D eigenvalue weighted by atomic mass is 16.1. The molecule has 1 aliphatic rings. The third-order valence-electron chi connectivity index (χ3n) is 7.60. The highest BCUT2D eigenvalue weighted by molar-refractivity contribution is 5.92. The summed E-state index contributed by atoms with van der Waals surface area (Å²) in [5.74, 6) is 0.878. The predicted molar refractivity (Wildman–Crippen MR) is 158 cm³/mol. The lowest BCUT2D eigenvalue weighted by atomic mass is 10.0. The van der Waals surface area contributed by atoms with Crippen molar-refractivity contribution in [1.29, 1.82) is 5.26 Å². The number of hydrogen-bond acceptors (Lipinski definition) is 9. The van der Waals surface area contributed by atoms with Gasteiger partial charge in [0, 0.05) is 49.2 Å². The van der Waals surface area contributed by atoms with Crippen molar-refractivity contribution in [2.75, 3.05) is 18.4 Å². The zero-order chi connectivity index (χ0) is 28.5. The molecule has 0 spiro atoms. The van der Waals surface area contributed by atoms with E-state index in [0.717, 1.165) is 55.0 Å². The van der Waals surface area contributed by atoms with Crippen LogP contribution in [0.25, 0.3) is 39.2 Å². The lowest BCUT2D eigenvalue weighted by Crippen LogP contribution is -2.38. The summed E-state index contributed by atoms with van der Waals surface area (Å²) in [5.41, 5.74) is 6.03. The van der Waals surface area contributed by atoms with Crippen molar-refractivity contribution in [3.05, 3.63) is 101 Å². The van der Waals surface area contributed by atoms with Crippen molar-refractivity contribution in [1.82, 2.24) is 39.4 Å². The lowest BCUT2D eigenvalue weighted by Gasteiger charge is -2.32. The Kier molecular flexibility index (Phi) is 6.58. The average Bonchev–Trinajstić information content (AvgIpc) is 3.43. The smallest absolute Gasteiger partial charge is 0.347 e. The Balaban J connectivity index is 1.11. The Bertz CT molecular complexity index is 1990. The van der Waals surface area contributed by atoms with Crippen LogP contribution in [0.2, 0.25) is 0 Å². The van der Waals surface area contributed by atoms with Gasteiger partial charge in [-0.3, -0.25) is 4.90 Å². The first-order valence-electron chi connectivity index (χ1n) is 13.8. The first-order valence-corrected chi connectivity index (χ1v) is 13.8. The summed E-state index contributed by atoms with van der Waals surface area (Å²) in [7, 11) is 0. The number of rotatable bonds is 6. The van der Waals surface area contributed by atoms with E-state index in [4.69, 9.17) is 15.2 Å². The molecule has 6 aromatic rings. The molecule has 0 atom stereocenters. The maximum Gasteiger partial charge on any atom is 0.347 e. The number of likely N-dealkylation sites (tertiary alicyclic amines) is 1. The zero-order valence-electron chi connectivity index (χ0n) is 22.6. The maximum atomic E-state index is 12.1. The van der Waals surface area contributed by atoms with Gasteiger partial charge in [-0.2, -0.15) is 10.4 Å². The quantitative estimate of drug-likeness (QED) is 0.312. The summed E-state index contributed by atoms with van der Waals surface area (Å²) in [6.45, 7) is 2.79. The van der Waals surface area contributed by atoms with E-state index in [9.17, 15) is 4.79 Å². The third-order valence-corrected chi connectivity index (χ3v) is 7.60. The molecule has 11 heteroatoms. The fourth-order valence-electron chi connectivity index (χ4n) is 5.45. The van der Waals surface area contributed by atoms with E-state index >= 15 is 0 Å². The first kappa shape index (κ1) is 25.5. The molecule has 0 saturated carbocycles. The molecular weight excluding hydrogens is 528 g/mol. The third kappa shape index (κ3) is 4.95. The second-order valence-corrected chi connectivity index (χ2v) is 10.3. The number of aromatic amines is 1. The fraction of sp³-hybridized carbons (Fsp3) is 0.194. The van der Waals surface area contributed by atoms with E-state index in [1.165, 1.54) is 9.96 Å². The average molecular weight is 555 g/mol. The van der Waals surface area contributed by atoms with Gasteiger partial charge < -0.3 is 5.32 Å². The number of pyridine rings is 1. The Labute approximate surface area is 240 Å². The van der Waals surface area contributed by atoms with Crippen LogP contribution in [0.4, 0.5) is 5.82 Å². The molecule has 0 radical (unpaired) electrons. The van der Waals surface area contributed by atoms with Gasteiger partial charge in [0.05, 0.1) is 16.9 Å². The number of piperidine rings is 1. The number of nitrogens with one attached hydrogen (secondary N) is 2. The van der Waals surface area contributed by atoms with Gasteiger partial charge >= 0.3 is 5.69 Å². The highest BCUT2D eigenvalue weighted by Gasteiger charge is 2.20. The van der Waals surface area contributed by atoms with E-state index < -0.39 is 0 Å². The molecule has 0 unspecified atom stereocenters. The standard InChI is InChI=1S/C31H26N10O/c32-18-26-33-14-10-25(36-26)34-23-11-15-40(16-12-23)19-20-6-8-22(9-7-20)27-28(21-4-2-1-3-5-21)37-29-24(35-27)13-17-41-30(29)38-39-31(41)42/h1-10,13-14,17,23H,11-12,15-16,19H2,(H,39,42)(H,33,34,36). The summed E-state index contributed by atoms with van der Waals surface area (Å²) in [4.78, 5) is 32.7. The highest BCUT2D eigenvalue weighted by Crippen LogP contribution is 2.32. The SMILES string of the molecule is N#Cc1nccc(NC2CCN(Cc3ccc(-c4nc5ccn6c(=O)[nH]nc6c5nc4-c4ccccc4)cc3)CC2)n1. The fourth-order valence-corrected chi connectivity index (χ4v) is 5.45. The molecule has 42 heavy (non-hydrogen) atoms. The molecule has 206 valence electrons. The zero-order valence-corrected chi connectivity index (χ0v) is 22.6. The minimum atomic E-state index is -0.310. The Hall–Kier alpha value is -5.47.